The van der Waals surface area contributed by atoms with Crippen molar-refractivity contribution < 1.29 is 13.2 Å². The lowest BCUT2D eigenvalue weighted by Crippen LogP contribution is -2.49. The SMILES string of the molecule is CC1c2nnc(C(F)(F)F)n2CCN1C1CCC(CN)(c2cccc(Cl)c2)CC1. The van der Waals surface area contributed by atoms with Crippen LogP contribution in [0.5, 0.6) is 0 Å². The molecule has 1 aliphatic heterocycles. The molecule has 1 atom stereocenters. The van der Waals surface area contributed by atoms with E-state index in [4.69, 9.17) is 17.3 Å². The highest BCUT2D eigenvalue weighted by atomic mass is 35.5. The highest BCUT2D eigenvalue weighted by Crippen LogP contribution is 2.43. The molecule has 2 aromatic rings. The summed E-state index contributed by atoms with van der Waals surface area (Å²) >= 11 is 6.19. The summed E-state index contributed by atoms with van der Waals surface area (Å²) in [5.74, 6) is -0.500. The number of hydrogen-bond donors (Lipinski definition) is 1. The molecule has 0 saturated heterocycles. The van der Waals surface area contributed by atoms with Crippen molar-refractivity contribution in [3.05, 3.63) is 46.5 Å². The zero-order chi connectivity index (χ0) is 20.8. The van der Waals surface area contributed by atoms with Gasteiger partial charge >= 0.3 is 6.18 Å². The Morgan fingerprint density at radius 1 is 1.21 bits per heavy atom. The normalized spacial score (nSPS) is 28.3. The number of nitrogens with zero attached hydrogens (tertiary/aromatic N) is 4. The van der Waals surface area contributed by atoms with Gasteiger partial charge in [-0.1, -0.05) is 23.7 Å². The maximum Gasteiger partial charge on any atom is 0.451 e. The van der Waals surface area contributed by atoms with Crippen LogP contribution in [-0.2, 0) is 18.1 Å². The van der Waals surface area contributed by atoms with E-state index in [9.17, 15) is 13.2 Å². The van der Waals surface area contributed by atoms with Gasteiger partial charge in [0.1, 0.15) is 5.82 Å². The van der Waals surface area contributed by atoms with Crippen LogP contribution in [0.4, 0.5) is 13.2 Å². The van der Waals surface area contributed by atoms with E-state index in [0.29, 0.717) is 30.0 Å². The number of benzene rings is 1. The molecule has 29 heavy (non-hydrogen) atoms. The molecule has 2 N–H and O–H groups in total. The highest BCUT2D eigenvalue weighted by Gasteiger charge is 2.43. The monoisotopic (exact) mass is 427 g/mol. The van der Waals surface area contributed by atoms with Gasteiger partial charge in [-0.05, 0) is 50.3 Å². The van der Waals surface area contributed by atoms with Crippen molar-refractivity contribution in [1.82, 2.24) is 19.7 Å². The molecule has 1 aromatic heterocycles. The minimum atomic E-state index is -4.48. The third-order valence-electron chi connectivity index (χ3n) is 6.69. The Morgan fingerprint density at radius 3 is 2.55 bits per heavy atom. The number of halogens is 4. The van der Waals surface area contributed by atoms with Gasteiger partial charge in [-0.15, -0.1) is 10.2 Å². The lowest BCUT2D eigenvalue weighted by atomic mass is 9.68. The smallest absolute Gasteiger partial charge is 0.330 e. The first-order valence-corrected chi connectivity index (χ1v) is 10.3. The van der Waals surface area contributed by atoms with Crippen LogP contribution in [0.1, 0.15) is 55.9 Å². The van der Waals surface area contributed by atoms with Crippen molar-refractivity contribution in [2.75, 3.05) is 13.1 Å². The second kappa shape index (κ2) is 7.56. The fraction of sp³-hybridized carbons (Fsp3) is 0.600. The summed E-state index contributed by atoms with van der Waals surface area (Å²) in [5, 5.41) is 7.99. The Labute approximate surface area is 173 Å². The number of fused-ring (bicyclic) bond motifs is 1. The molecule has 2 aliphatic rings. The summed E-state index contributed by atoms with van der Waals surface area (Å²) in [6.07, 6.45) is -0.741. The molecule has 0 spiro atoms. The predicted octanol–water partition coefficient (Wildman–Crippen LogP) is 4.17. The molecular formula is C20H25ClF3N5. The van der Waals surface area contributed by atoms with Gasteiger partial charge in [-0.2, -0.15) is 13.2 Å². The Hall–Kier alpha value is -1.64. The van der Waals surface area contributed by atoms with E-state index in [0.717, 1.165) is 25.7 Å². The van der Waals surface area contributed by atoms with Crippen LogP contribution in [0, 0.1) is 0 Å². The third-order valence-corrected chi connectivity index (χ3v) is 6.93. The molecular weight excluding hydrogens is 403 g/mol. The first-order chi connectivity index (χ1) is 13.7. The van der Waals surface area contributed by atoms with E-state index >= 15 is 0 Å². The molecule has 1 aromatic carbocycles. The molecule has 1 unspecified atom stereocenters. The summed E-state index contributed by atoms with van der Waals surface area (Å²) in [5.41, 5.74) is 7.27. The van der Waals surface area contributed by atoms with Crippen molar-refractivity contribution >= 4 is 11.6 Å². The van der Waals surface area contributed by atoms with Gasteiger partial charge in [0.2, 0.25) is 5.82 Å². The van der Waals surface area contributed by atoms with Gasteiger partial charge in [0.05, 0.1) is 6.04 Å². The Balaban J connectivity index is 1.50. The predicted molar refractivity (Wildman–Crippen MR) is 105 cm³/mol. The van der Waals surface area contributed by atoms with Crippen LogP contribution in [0.2, 0.25) is 5.02 Å². The molecule has 4 rings (SSSR count). The van der Waals surface area contributed by atoms with Gasteiger partial charge in [-0.3, -0.25) is 4.90 Å². The van der Waals surface area contributed by atoms with Gasteiger partial charge in [0, 0.05) is 36.1 Å². The Bertz CT molecular complexity index is 873. The van der Waals surface area contributed by atoms with Crippen LogP contribution in [0.15, 0.2) is 24.3 Å². The van der Waals surface area contributed by atoms with E-state index in [1.54, 1.807) is 0 Å². The van der Waals surface area contributed by atoms with Gasteiger partial charge in [-0.25, -0.2) is 0 Å². The summed E-state index contributed by atoms with van der Waals surface area (Å²) in [4.78, 5) is 2.28. The van der Waals surface area contributed by atoms with E-state index in [2.05, 4.69) is 21.2 Å². The minimum absolute atomic E-state index is 0.0934. The lowest BCUT2D eigenvalue weighted by molar-refractivity contribution is -0.148. The summed E-state index contributed by atoms with van der Waals surface area (Å²) in [7, 11) is 0. The van der Waals surface area contributed by atoms with Gasteiger partial charge in [0.15, 0.2) is 0 Å². The topological polar surface area (TPSA) is 60.0 Å². The average Bonchev–Trinajstić information content (AvgIpc) is 3.14. The molecule has 5 nitrogen and oxygen atoms in total. The highest BCUT2D eigenvalue weighted by molar-refractivity contribution is 6.30. The summed E-state index contributed by atoms with van der Waals surface area (Å²) in [6, 6.07) is 8.00. The molecule has 0 bridgehead atoms. The Morgan fingerprint density at radius 2 is 1.93 bits per heavy atom. The first-order valence-electron chi connectivity index (χ1n) is 9.97. The summed E-state index contributed by atoms with van der Waals surface area (Å²) < 4.78 is 40.7. The molecule has 0 radical (unpaired) electrons. The zero-order valence-corrected chi connectivity index (χ0v) is 17.0. The van der Waals surface area contributed by atoms with Crippen molar-refractivity contribution in [3.8, 4) is 0 Å². The molecule has 2 heterocycles. The van der Waals surface area contributed by atoms with Crippen LogP contribution in [0.25, 0.3) is 0 Å². The van der Waals surface area contributed by atoms with E-state index in [-0.39, 0.29) is 18.0 Å². The lowest BCUT2D eigenvalue weighted by Gasteiger charge is -2.46. The summed E-state index contributed by atoms with van der Waals surface area (Å²) in [6.45, 7) is 3.29. The van der Waals surface area contributed by atoms with Gasteiger partial charge in [0.25, 0.3) is 0 Å². The van der Waals surface area contributed by atoms with Crippen molar-refractivity contribution in [1.29, 1.82) is 0 Å². The van der Waals surface area contributed by atoms with Crippen molar-refractivity contribution in [2.24, 2.45) is 5.73 Å². The molecule has 9 heteroatoms. The average molecular weight is 428 g/mol. The molecule has 1 saturated carbocycles. The largest absolute Gasteiger partial charge is 0.451 e. The fourth-order valence-electron chi connectivity index (χ4n) is 5.03. The van der Waals surface area contributed by atoms with Crippen molar-refractivity contribution in [2.45, 2.75) is 62.8 Å². The van der Waals surface area contributed by atoms with Crippen LogP contribution >= 0.6 is 11.6 Å². The van der Waals surface area contributed by atoms with Crippen LogP contribution in [-0.4, -0.2) is 38.8 Å². The second-order valence-electron chi connectivity index (χ2n) is 8.17. The maximum atomic E-state index is 13.1. The van der Waals surface area contributed by atoms with E-state index in [1.807, 2.05) is 25.1 Å². The van der Waals surface area contributed by atoms with E-state index < -0.39 is 12.0 Å². The Kier molecular flexibility index (Phi) is 5.38. The van der Waals surface area contributed by atoms with Crippen molar-refractivity contribution in [3.63, 3.8) is 0 Å². The maximum absolute atomic E-state index is 13.1. The van der Waals surface area contributed by atoms with Crippen LogP contribution < -0.4 is 5.73 Å². The number of nitrogens with two attached hydrogens (primary N) is 1. The number of alkyl halides is 3. The number of rotatable bonds is 3. The van der Waals surface area contributed by atoms with Crippen LogP contribution in [0.3, 0.4) is 0 Å². The molecule has 0 amide bonds. The third kappa shape index (κ3) is 3.66. The van der Waals surface area contributed by atoms with E-state index in [1.165, 1.54) is 10.1 Å². The molecule has 1 fully saturated rings. The molecule has 158 valence electrons. The number of hydrogen-bond acceptors (Lipinski definition) is 4. The number of aromatic nitrogens is 3. The standard InChI is InChI=1S/C20H25ClF3N5/c1-13-17-26-27-18(20(22,23)24)29(17)10-9-28(13)16-5-7-19(12-25,8-6-16)14-3-2-4-15(21)11-14/h2-4,11,13,16H,5-10,12,25H2,1H3. The molecule has 1 aliphatic carbocycles. The first kappa shape index (κ1) is 20.6. The second-order valence-corrected chi connectivity index (χ2v) is 8.61. The van der Waals surface area contributed by atoms with Gasteiger partial charge < -0.3 is 10.3 Å². The quantitative estimate of drug-likeness (QED) is 0.798. The fourth-order valence-corrected chi connectivity index (χ4v) is 5.22. The zero-order valence-electron chi connectivity index (χ0n) is 16.3. The minimum Gasteiger partial charge on any atom is -0.330 e.